The fourth-order valence-electron chi connectivity index (χ4n) is 1.88. The first-order valence-corrected chi connectivity index (χ1v) is 6.66. The van der Waals surface area contributed by atoms with Gasteiger partial charge in [0.25, 0.3) is 0 Å². The lowest BCUT2D eigenvalue weighted by molar-refractivity contribution is 0.0562. The Hall–Kier alpha value is -1.66. The topological polar surface area (TPSA) is 51.5 Å². The molecule has 0 saturated carbocycles. The molecule has 0 aliphatic heterocycles. The third-order valence-electron chi connectivity index (χ3n) is 2.86. The average molecular weight is 342 g/mol. The molecular formula is C14H13BrFNO3. The molecule has 1 unspecified atom stereocenters. The van der Waals surface area contributed by atoms with Crippen LogP contribution in [0.15, 0.2) is 39.2 Å². The highest BCUT2D eigenvalue weighted by atomic mass is 79.9. The highest BCUT2D eigenvalue weighted by Crippen LogP contribution is 2.26. The van der Waals surface area contributed by atoms with Crippen molar-refractivity contribution in [2.24, 2.45) is 0 Å². The van der Waals surface area contributed by atoms with Crippen LogP contribution >= 0.6 is 15.9 Å². The Morgan fingerprint density at radius 3 is 2.75 bits per heavy atom. The molecule has 0 aliphatic carbocycles. The van der Waals surface area contributed by atoms with E-state index in [0.717, 1.165) is 0 Å². The van der Waals surface area contributed by atoms with Crippen LogP contribution in [0, 0.1) is 5.82 Å². The van der Waals surface area contributed by atoms with Gasteiger partial charge in [0.1, 0.15) is 11.6 Å². The van der Waals surface area contributed by atoms with E-state index in [1.165, 1.54) is 19.2 Å². The van der Waals surface area contributed by atoms with Crippen LogP contribution in [-0.2, 0) is 4.74 Å². The van der Waals surface area contributed by atoms with Gasteiger partial charge >= 0.3 is 5.97 Å². The Morgan fingerprint density at radius 2 is 2.15 bits per heavy atom. The van der Waals surface area contributed by atoms with Crippen molar-refractivity contribution in [3.63, 3.8) is 0 Å². The van der Waals surface area contributed by atoms with Gasteiger partial charge < -0.3 is 14.5 Å². The second-order valence-corrected chi connectivity index (χ2v) is 4.94. The number of carbonyl (C=O) groups is 1. The maximum Gasteiger partial charge on any atom is 0.373 e. The molecule has 1 N–H and O–H groups in total. The number of nitrogens with one attached hydrogen (secondary N) is 1. The van der Waals surface area contributed by atoms with Gasteiger partial charge in [0.05, 0.1) is 17.6 Å². The molecule has 0 radical (unpaired) electrons. The van der Waals surface area contributed by atoms with Crippen molar-refractivity contribution in [2.45, 2.75) is 6.04 Å². The van der Waals surface area contributed by atoms with Crippen LogP contribution in [-0.4, -0.2) is 20.1 Å². The van der Waals surface area contributed by atoms with Crippen LogP contribution in [0.2, 0.25) is 0 Å². The summed E-state index contributed by atoms with van der Waals surface area (Å²) in [5, 5.41) is 3.02. The third-order valence-corrected chi connectivity index (χ3v) is 3.51. The van der Waals surface area contributed by atoms with Crippen LogP contribution in [0.3, 0.4) is 0 Å². The molecule has 0 fully saturated rings. The lowest BCUT2D eigenvalue weighted by atomic mass is 10.0. The van der Waals surface area contributed by atoms with Gasteiger partial charge in [-0.3, -0.25) is 0 Å². The smallest absolute Gasteiger partial charge is 0.373 e. The van der Waals surface area contributed by atoms with Crippen molar-refractivity contribution in [3.8, 4) is 0 Å². The zero-order valence-corrected chi connectivity index (χ0v) is 12.5. The van der Waals surface area contributed by atoms with Gasteiger partial charge in [0, 0.05) is 0 Å². The normalized spacial score (nSPS) is 12.2. The maximum absolute atomic E-state index is 13.6. The molecule has 4 nitrogen and oxygen atoms in total. The second kappa shape index (κ2) is 6.19. The lowest BCUT2D eigenvalue weighted by Crippen LogP contribution is -2.17. The van der Waals surface area contributed by atoms with Gasteiger partial charge in [-0.1, -0.05) is 6.07 Å². The zero-order chi connectivity index (χ0) is 14.7. The minimum atomic E-state index is -0.548. The van der Waals surface area contributed by atoms with Crippen LogP contribution in [0.1, 0.15) is 27.9 Å². The molecule has 1 aromatic heterocycles. The predicted octanol–water partition coefficient (Wildman–Crippen LogP) is 3.28. The Morgan fingerprint density at radius 1 is 1.40 bits per heavy atom. The zero-order valence-electron chi connectivity index (χ0n) is 10.9. The predicted molar refractivity (Wildman–Crippen MR) is 75.1 cm³/mol. The number of methoxy groups -OCH3 is 1. The van der Waals surface area contributed by atoms with E-state index < -0.39 is 5.97 Å². The highest BCUT2D eigenvalue weighted by molar-refractivity contribution is 9.10. The van der Waals surface area contributed by atoms with Crippen molar-refractivity contribution < 1.29 is 18.3 Å². The molecule has 0 saturated heterocycles. The summed E-state index contributed by atoms with van der Waals surface area (Å²) in [7, 11) is 3.01. The van der Waals surface area contributed by atoms with E-state index in [1.54, 1.807) is 25.2 Å². The molecule has 0 amide bonds. The number of hydrogen-bond donors (Lipinski definition) is 1. The molecule has 2 rings (SSSR count). The minimum Gasteiger partial charge on any atom is -0.463 e. The van der Waals surface area contributed by atoms with Crippen LogP contribution in [0.4, 0.5) is 4.39 Å². The van der Waals surface area contributed by atoms with Gasteiger partial charge in [-0.15, -0.1) is 0 Å². The van der Waals surface area contributed by atoms with E-state index in [2.05, 4.69) is 26.0 Å². The van der Waals surface area contributed by atoms with Crippen LogP contribution in [0.25, 0.3) is 0 Å². The number of benzene rings is 1. The summed E-state index contributed by atoms with van der Waals surface area (Å²) in [4.78, 5) is 11.4. The Bertz CT molecular complexity index is 627. The quantitative estimate of drug-likeness (QED) is 0.867. The summed E-state index contributed by atoms with van der Waals surface area (Å²) in [6.45, 7) is 0. The molecule has 1 atom stereocenters. The molecule has 6 heteroatoms. The Balaban J connectivity index is 2.34. The van der Waals surface area contributed by atoms with Crippen molar-refractivity contribution in [2.75, 3.05) is 14.2 Å². The van der Waals surface area contributed by atoms with Gasteiger partial charge in [-0.05, 0) is 52.8 Å². The highest BCUT2D eigenvalue weighted by Gasteiger charge is 2.19. The fraction of sp³-hybridized carbons (Fsp3) is 0.214. The molecule has 1 heterocycles. The number of esters is 1. The number of halogens is 2. The Kier molecular flexibility index (Phi) is 4.57. The van der Waals surface area contributed by atoms with E-state index in [1.807, 2.05) is 0 Å². The molecule has 106 valence electrons. The summed E-state index contributed by atoms with van der Waals surface area (Å²) in [5.41, 5.74) is 0.693. The summed E-state index contributed by atoms with van der Waals surface area (Å²) >= 11 is 3.11. The van der Waals surface area contributed by atoms with E-state index >= 15 is 0 Å². The molecule has 20 heavy (non-hydrogen) atoms. The van der Waals surface area contributed by atoms with E-state index in [0.29, 0.717) is 15.8 Å². The summed E-state index contributed by atoms with van der Waals surface area (Å²) < 4.78 is 24.0. The molecule has 0 spiro atoms. The first-order chi connectivity index (χ1) is 9.56. The lowest BCUT2D eigenvalue weighted by Gasteiger charge is -2.14. The third kappa shape index (κ3) is 2.91. The summed E-state index contributed by atoms with van der Waals surface area (Å²) in [6, 6.07) is 7.64. The Labute approximate surface area is 124 Å². The maximum atomic E-state index is 13.6. The van der Waals surface area contributed by atoms with Gasteiger partial charge in [-0.25, -0.2) is 9.18 Å². The number of carbonyl (C=O) groups excluding carboxylic acids is 1. The number of rotatable bonds is 4. The summed E-state index contributed by atoms with van der Waals surface area (Å²) in [6.07, 6.45) is 0. The van der Waals surface area contributed by atoms with Gasteiger partial charge in [0.2, 0.25) is 5.76 Å². The van der Waals surface area contributed by atoms with E-state index in [4.69, 9.17) is 4.42 Å². The molecular weight excluding hydrogens is 329 g/mol. The second-order valence-electron chi connectivity index (χ2n) is 4.09. The van der Waals surface area contributed by atoms with E-state index in [-0.39, 0.29) is 17.6 Å². The molecule has 1 aromatic carbocycles. The van der Waals surface area contributed by atoms with Crippen LogP contribution < -0.4 is 5.32 Å². The largest absolute Gasteiger partial charge is 0.463 e. The molecule has 2 aromatic rings. The van der Waals surface area contributed by atoms with Crippen molar-refractivity contribution in [3.05, 3.63) is 57.7 Å². The molecule has 0 aliphatic rings. The van der Waals surface area contributed by atoms with Crippen molar-refractivity contribution in [1.82, 2.24) is 5.32 Å². The minimum absolute atomic E-state index is 0.111. The fourth-order valence-corrected chi connectivity index (χ4v) is 2.13. The van der Waals surface area contributed by atoms with Crippen LogP contribution in [0.5, 0.6) is 0 Å². The number of ether oxygens (including phenoxy) is 1. The van der Waals surface area contributed by atoms with Crippen molar-refractivity contribution in [1.29, 1.82) is 0 Å². The monoisotopic (exact) mass is 341 g/mol. The van der Waals surface area contributed by atoms with Gasteiger partial charge in [0.15, 0.2) is 0 Å². The standard InChI is InChI=1S/C14H13BrFNO3/c1-17-13(8-3-4-9(15)10(16)7-8)11-5-6-12(20-11)14(18)19-2/h3-7,13,17H,1-2H3. The van der Waals surface area contributed by atoms with Crippen molar-refractivity contribution >= 4 is 21.9 Å². The van der Waals surface area contributed by atoms with E-state index in [9.17, 15) is 9.18 Å². The molecule has 0 bridgehead atoms. The van der Waals surface area contributed by atoms with Gasteiger partial charge in [-0.2, -0.15) is 0 Å². The number of hydrogen-bond acceptors (Lipinski definition) is 4. The summed E-state index contributed by atoms with van der Waals surface area (Å²) in [5.74, 6) is -0.287. The first-order valence-electron chi connectivity index (χ1n) is 5.87. The number of furan rings is 1. The average Bonchev–Trinajstić information content (AvgIpc) is 2.92. The first kappa shape index (κ1) is 14.7. The SMILES string of the molecule is CNC(c1ccc(Br)c(F)c1)c1ccc(C(=O)OC)o1.